The van der Waals surface area contributed by atoms with Crippen molar-refractivity contribution in [2.24, 2.45) is 0 Å². The molecule has 1 aromatic carbocycles. The number of nitrogens with one attached hydrogen (secondary N) is 1. The number of aromatic nitrogens is 2. The minimum Gasteiger partial charge on any atom is -0.408 e. The summed E-state index contributed by atoms with van der Waals surface area (Å²) >= 11 is 4.69. The molecular formula is C13H15BrN4O2S. The average molecular weight is 371 g/mol. The van der Waals surface area contributed by atoms with E-state index < -0.39 is 0 Å². The van der Waals surface area contributed by atoms with Gasteiger partial charge in [0, 0.05) is 21.0 Å². The number of thioether (sulfide) groups is 1. The molecule has 2 aromatic rings. The largest absolute Gasteiger partial charge is 0.408 e. The first kappa shape index (κ1) is 15.8. The second-order valence-electron chi connectivity index (χ2n) is 4.62. The lowest BCUT2D eigenvalue weighted by molar-refractivity contribution is -0.113. The van der Waals surface area contributed by atoms with E-state index in [2.05, 4.69) is 31.4 Å². The SMILES string of the molecule is CC(C)c1nnc(NC(=O)CSc2ccc(Br)cc2N)o1. The summed E-state index contributed by atoms with van der Waals surface area (Å²) in [6, 6.07) is 5.66. The molecular weight excluding hydrogens is 356 g/mol. The molecule has 3 N–H and O–H groups in total. The standard InChI is InChI=1S/C13H15BrN4O2S/c1-7(2)12-17-18-13(20-12)16-11(19)6-21-10-4-3-8(14)5-9(10)15/h3-5,7H,6,15H2,1-2H3,(H,16,18,19). The minimum absolute atomic E-state index is 0.119. The fraction of sp³-hybridized carbons (Fsp3) is 0.308. The van der Waals surface area contributed by atoms with E-state index in [0.29, 0.717) is 11.6 Å². The van der Waals surface area contributed by atoms with Crippen LogP contribution in [0.15, 0.2) is 32.0 Å². The van der Waals surface area contributed by atoms with Crippen LogP contribution in [0.25, 0.3) is 0 Å². The molecule has 112 valence electrons. The van der Waals surface area contributed by atoms with Gasteiger partial charge in [-0.15, -0.1) is 16.9 Å². The third kappa shape index (κ3) is 4.47. The molecule has 8 heteroatoms. The average Bonchev–Trinajstić information content (AvgIpc) is 2.86. The maximum Gasteiger partial charge on any atom is 0.322 e. The number of halogens is 1. The maximum atomic E-state index is 11.8. The number of hydrogen-bond acceptors (Lipinski definition) is 6. The number of benzene rings is 1. The van der Waals surface area contributed by atoms with Gasteiger partial charge in [0.25, 0.3) is 0 Å². The summed E-state index contributed by atoms with van der Waals surface area (Å²) in [5.41, 5.74) is 6.50. The van der Waals surface area contributed by atoms with Crippen molar-refractivity contribution in [3.05, 3.63) is 28.6 Å². The van der Waals surface area contributed by atoms with Crippen LogP contribution in [0.4, 0.5) is 11.7 Å². The number of hydrogen-bond donors (Lipinski definition) is 2. The number of nitrogens with two attached hydrogens (primary N) is 1. The summed E-state index contributed by atoms with van der Waals surface area (Å²) < 4.78 is 6.22. The van der Waals surface area contributed by atoms with Crippen molar-refractivity contribution >= 4 is 45.3 Å². The molecule has 0 saturated carbocycles. The van der Waals surface area contributed by atoms with Gasteiger partial charge >= 0.3 is 6.01 Å². The van der Waals surface area contributed by atoms with Gasteiger partial charge in [0.2, 0.25) is 11.8 Å². The van der Waals surface area contributed by atoms with Gasteiger partial charge < -0.3 is 10.2 Å². The highest BCUT2D eigenvalue weighted by molar-refractivity contribution is 9.10. The molecule has 1 heterocycles. The highest BCUT2D eigenvalue weighted by Crippen LogP contribution is 2.27. The van der Waals surface area contributed by atoms with Gasteiger partial charge in [-0.05, 0) is 18.2 Å². The van der Waals surface area contributed by atoms with Crippen molar-refractivity contribution in [1.29, 1.82) is 0 Å². The highest BCUT2D eigenvalue weighted by Gasteiger charge is 2.12. The van der Waals surface area contributed by atoms with Crippen LogP contribution < -0.4 is 11.1 Å². The van der Waals surface area contributed by atoms with E-state index in [4.69, 9.17) is 10.2 Å². The van der Waals surface area contributed by atoms with E-state index in [1.165, 1.54) is 11.8 Å². The predicted octanol–water partition coefficient (Wildman–Crippen LogP) is 3.27. The second-order valence-corrected chi connectivity index (χ2v) is 6.55. The van der Waals surface area contributed by atoms with E-state index in [1.54, 1.807) is 6.07 Å². The summed E-state index contributed by atoms with van der Waals surface area (Å²) in [6.45, 7) is 3.87. The lowest BCUT2D eigenvalue weighted by Gasteiger charge is -2.05. The van der Waals surface area contributed by atoms with Gasteiger partial charge in [0.15, 0.2) is 0 Å². The fourth-order valence-electron chi connectivity index (χ4n) is 1.47. The zero-order valence-corrected chi connectivity index (χ0v) is 14.0. The van der Waals surface area contributed by atoms with Crippen LogP contribution in [0, 0.1) is 0 Å². The Morgan fingerprint density at radius 1 is 1.48 bits per heavy atom. The number of anilines is 2. The molecule has 0 saturated heterocycles. The molecule has 0 bridgehead atoms. The van der Waals surface area contributed by atoms with E-state index in [0.717, 1.165) is 9.37 Å². The summed E-state index contributed by atoms with van der Waals surface area (Å²) in [5.74, 6) is 0.613. The third-order valence-electron chi connectivity index (χ3n) is 2.51. The van der Waals surface area contributed by atoms with Gasteiger partial charge in [0.1, 0.15) is 0 Å². The number of nitrogen functional groups attached to an aromatic ring is 1. The molecule has 1 aromatic heterocycles. The van der Waals surface area contributed by atoms with E-state index in [1.807, 2.05) is 26.0 Å². The highest BCUT2D eigenvalue weighted by atomic mass is 79.9. The van der Waals surface area contributed by atoms with Crippen LogP contribution in [-0.4, -0.2) is 21.9 Å². The fourth-order valence-corrected chi connectivity index (χ4v) is 2.60. The van der Waals surface area contributed by atoms with Gasteiger partial charge in [-0.2, -0.15) is 0 Å². The Hall–Kier alpha value is -1.54. The van der Waals surface area contributed by atoms with Crippen LogP contribution in [0.2, 0.25) is 0 Å². The number of carbonyl (C=O) groups excluding carboxylic acids is 1. The molecule has 0 spiro atoms. The number of amides is 1. The molecule has 0 radical (unpaired) electrons. The van der Waals surface area contributed by atoms with E-state index >= 15 is 0 Å². The third-order valence-corrected chi connectivity index (χ3v) is 4.09. The molecule has 0 unspecified atom stereocenters. The Kier molecular flexibility index (Phi) is 5.24. The molecule has 0 atom stereocenters. The predicted molar refractivity (Wildman–Crippen MR) is 86.3 cm³/mol. The Bertz CT molecular complexity index is 645. The first-order chi connectivity index (χ1) is 9.95. The number of rotatable bonds is 5. The Balaban J connectivity index is 1.89. The summed E-state index contributed by atoms with van der Waals surface area (Å²) in [4.78, 5) is 12.7. The van der Waals surface area contributed by atoms with Crippen molar-refractivity contribution in [2.45, 2.75) is 24.7 Å². The van der Waals surface area contributed by atoms with Crippen LogP contribution in [0.1, 0.15) is 25.7 Å². The second kappa shape index (κ2) is 6.95. The normalized spacial score (nSPS) is 10.9. The Labute approximate surface area is 135 Å². The molecule has 1 amide bonds. The van der Waals surface area contributed by atoms with Gasteiger partial charge in [-0.25, -0.2) is 0 Å². The van der Waals surface area contributed by atoms with Gasteiger partial charge in [0.05, 0.1) is 5.75 Å². The van der Waals surface area contributed by atoms with Crippen LogP contribution in [-0.2, 0) is 4.79 Å². The van der Waals surface area contributed by atoms with Gasteiger partial charge in [-0.3, -0.25) is 10.1 Å². The first-order valence-corrected chi connectivity index (χ1v) is 8.04. The maximum absolute atomic E-state index is 11.8. The van der Waals surface area contributed by atoms with Crippen molar-refractivity contribution < 1.29 is 9.21 Å². The lowest BCUT2D eigenvalue weighted by atomic mass is 10.2. The number of nitrogens with zero attached hydrogens (tertiary/aromatic N) is 2. The van der Waals surface area contributed by atoms with Crippen molar-refractivity contribution in [3.8, 4) is 0 Å². The molecule has 0 aliphatic carbocycles. The summed E-state index contributed by atoms with van der Waals surface area (Å²) in [7, 11) is 0. The molecule has 0 fully saturated rings. The topological polar surface area (TPSA) is 94.0 Å². The Morgan fingerprint density at radius 3 is 2.86 bits per heavy atom. The number of carbonyl (C=O) groups is 1. The molecule has 0 aliphatic heterocycles. The van der Waals surface area contributed by atoms with E-state index in [9.17, 15) is 4.79 Å². The Morgan fingerprint density at radius 2 is 2.24 bits per heavy atom. The molecule has 21 heavy (non-hydrogen) atoms. The smallest absolute Gasteiger partial charge is 0.322 e. The minimum atomic E-state index is -0.221. The summed E-state index contributed by atoms with van der Waals surface area (Å²) in [6.07, 6.45) is 0. The quantitative estimate of drug-likeness (QED) is 0.619. The van der Waals surface area contributed by atoms with Crippen molar-refractivity contribution in [3.63, 3.8) is 0 Å². The molecule has 2 rings (SSSR count). The molecule has 0 aliphatic rings. The monoisotopic (exact) mass is 370 g/mol. The zero-order chi connectivity index (χ0) is 15.4. The van der Waals surface area contributed by atoms with Crippen LogP contribution >= 0.6 is 27.7 Å². The zero-order valence-electron chi connectivity index (χ0n) is 11.6. The molecule has 6 nitrogen and oxygen atoms in total. The van der Waals surface area contributed by atoms with Crippen LogP contribution in [0.3, 0.4) is 0 Å². The van der Waals surface area contributed by atoms with Gasteiger partial charge in [-0.1, -0.05) is 34.9 Å². The van der Waals surface area contributed by atoms with Crippen molar-refractivity contribution in [2.75, 3.05) is 16.8 Å². The lowest BCUT2D eigenvalue weighted by Crippen LogP contribution is -2.14. The summed E-state index contributed by atoms with van der Waals surface area (Å²) in [5, 5.41) is 10.2. The first-order valence-electron chi connectivity index (χ1n) is 6.27. The van der Waals surface area contributed by atoms with E-state index in [-0.39, 0.29) is 23.6 Å². The van der Waals surface area contributed by atoms with Crippen LogP contribution in [0.5, 0.6) is 0 Å². The van der Waals surface area contributed by atoms with Crippen molar-refractivity contribution in [1.82, 2.24) is 10.2 Å².